The minimum atomic E-state index is -0.761. The summed E-state index contributed by atoms with van der Waals surface area (Å²) in [5, 5.41) is 9.09. The lowest BCUT2D eigenvalue weighted by atomic mass is 9.83. The highest BCUT2D eigenvalue weighted by atomic mass is 16.5. The van der Waals surface area contributed by atoms with Crippen LogP contribution in [0.4, 0.5) is 0 Å². The van der Waals surface area contributed by atoms with Crippen molar-refractivity contribution in [1.82, 2.24) is 0 Å². The number of carboxylic acids is 1. The zero-order valence-electron chi connectivity index (χ0n) is 8.43. The van der Waals surface area contributed by atoms with Crippen molar-refractivity contribution in [1.29, 1.82) is 0 Å². The number of ether oxygens (including phenoxy) is 1. The van der Waals surface area contributed by atoms with E-state index in [2.05, 4.69) is 0 Å². The van der Waals surface area contributed by atoms with Crippen LogP contribution in [-0.4, -0.2) is 24.3 Å². The standard InChI is InChI=1S/C12H14O3/c13-12(14)11-8-15-7-6-10(11)9-4-2-1-3-5-9/h1-5,10-11H,6-8H2,(H,13,14). The number of hydrogen-bond donors (Lipinski definition) is 1. The molecule has 0 bridgehead atoms. The smallest absolute Gasteiger partial charge is 0.309 e. The van der Waals surface area contributed by atoms with Crippen molar-refractivity contribution in [3.05, 3.63) is 35.9 Å². The highest BCUT2D eigenvalue weighted by Gasteiger charge is 2.32. The minimum absolute atomic E-state index is 0.0949. The first-order valence-electron chi connectivity index (χ1n) is 5.14. The molecule has 3 heteroatoms. The van der Waals surface area contributed by atoms with E-state index in [0.29, 0.717) is 13.2 Å². The number of carbonyl (C=O) groups is 1. The Bertz CT molecular complexity index is 334. The molecule has 15 heavy (non-hydrogen) atoms. The third-order valence-electron chi connectivity index (χ3n) is 2.90. The molecular formula is C12H14O3. The number of carboxylic acid groups (broad SMARTS) is 1. The van der Waals surface area contributed by atoms with Crippen molar-refractivity contribution in [2.75, 3.05) is 13.2 Å². The van der Waals surface area contributed by atoms with Gasteiger partial charge in [-0.2, -0.15) is 0 Å². The van der Waals surface area contributed by atoms with Gasteiger partial charge in [-0.3, -0.25) is 4.79 Å². The van der Waals surface area contributed by atoms with Crippen LogP contribution in [0.1, 0.15) is 17.9 Å². The molecule has 80 valence electrons. The molecule has 0 saturated carbocycles. The topological polar surface area (TPSA) is 46.5 Å². The Morgan fingerprint density at radius 3 is 2.73 bits per heavy atom. The van der Waals surface area contributed by atoms with E-state index >= 15 is 0 Å². The Morgan fingerprint density at radius 1 is 1.33 bits per heavy atom. The number of benzene rings is 1. The van der Waals surface area contributed by atoms with Crippen molar-refractivity contribution < 1.29 is 14.6 Å². The van der Waals surface area contributed by atoms with Gasteiger partial charge >= 0.3 is 5.97 Å². The van der Waals surface area contributed by atoms with Crippen molar-refractivity contribution in [2.24, 2.45) is 5.92 Å². The summed E-state index contributed by atoms with van der Waals surface area (Å²) in [5.74, 6) is -1.07. The highest BCUT2D eigenvalue weighted by Crippen LogP contribution is 2.31. The van der Waals surface area contributed by atoms with Crippen LogP contribution in [0.5, 0.6) is 0 Å². The second-order valence-electron chi connectivity index (χ2n) is 3.83. The van der Waals surface area contributed by atoms with Gasteiger partial charge in [-0.15, -0.1) is 0 Å². The lowest BCUT2D eigenvalue weighted by Crippen LogP contribution is -2.32. The lowest BCUT2D eigenvalue weighted by Gasteiger charge is -2.28. The Hall–Kier alpha value is -1.35. The molecule has 1 N–H and O–H groups in total. The summed E-state index contributed by atoms with van der Waals surface area (Å²) in [7, 11) is 0. The average molecular weight is 206 g/mol. The highest BCUT2D eigenvalue weighted by molar-refractivity contribution is 5.71. The van der Waals surface area contributed by atoms with Gasteiger partial charge in [-0.25, -0.2) is 0 Å². The molecule has 1 aromatic rings. The first-order valence-corrected chi connectivity index (χ1v) is 5.14. The van der Waals surface area contributed by atoms with Crippen molar-refractivity contribution in [3.8, 4) is 0 Å². The Morgan fingerprint density at radius 2 is 2.07 bits per heavy atom. The fourth-order valence-electron chi connectivity index (χ4n) is 2.08. The van der Waals surface area contributed by atoms with Crippen LogP contribution in [0, 0.1) is 5.92 Å². The number of rotatable bonds is 2. The summed E-state index contributed by atoms with van der Waals surface area (Å²) in [6.45, 7) is 0.984. The molecule has 0 spiro atoms. The number of aliphatic carboxylic acids is 1. The molecule has 0 radical (unpaired) electrons. The van der Waals surface area contributed by atoms with Crippen LogP contribution >= 0.6 is 0 Å². The normalized spacial score (nSPS) is 26.1. The molecule has 1 aromatic carbocycles. The van der Waals surface area contributed by atoms with Crippen LogP contribution in [0.3, 0.4) is 0 Å². The van der Waals surface area contributed by atoms with Crippen molar-refractivity contribution >= 4 is 5.97 Å². The maximum atomic E-state index is 11.1. The molecule has 0 aromatic heterocycles. The third kappa shape index (κ3) is 2.18. The molecule has 2 unspecified atom stereocenters. The minimum Gasteiger partial charge on any atom is -0.481 e. The molecule has 1 aliphatic heterocycles. The lowest BCUT2D eigenvalue weighted by molar-refractivity contribution is -0.147. The molecule has 2 rings (SSSR count). The summed E-state index contributed by atoms with van der Waals surface area (Å²) in [6.07, 6.45) is 0.793. The van der Waals surface area contributed by atoms with Gasteiger partial charge < -0.3 is 9.84 Å². The van der Waals surface area contributed by atoms with Crippen LogP contribution in [-0.2, 0) is 9.53 Å². The van der Waals surface area contributed by atoms with E-state index < -0.39 is 11.9 Å². The fraction of sp³-hybridized carbons (Fsp3) is 0.417. The Labute approximate surface area is 88.7 Å². The first kappa shape index (κ1) is 10.2. The van der Waals surface area contributed by atoms with E-state index in [4.69, 9.17) is 9.84 Å². The van der Waals surface area contributed by atoms with Crippen molar-refractivity contribution in [3.63, 3.8) is 0 Å². The zero-order valence-corrected chi connectivity index (χ0v) is 8.43. The van der Waals surface area contributed by atoms with Crippen molar-refractivity contribution in [2.45, 2.75) is 12.3 Å². The molecule has 0 aliphatic carbocycles. The SMILES string of the molecule is O=C(O)C1COCCC1c1ccccc1. The zero-order chi connectivity index (χ0) is 10.7. The predicted molar refractivity (Wildman–Crippen MR) is 55.7 cm³/mol. The van der Waals surface area contributed by atoms with E-state index in [0.717, 1.165) is 12.0 Å². The van der Waals surface area contributed by atoms with Gasteiger partial charge in [0.2, 0.25) is 0 Å². The second kappa shape index (κ2) is 4.45. The largest absolute Gasteiger partial charge is 0.481 e. The summed E-state index contributed by atoms with van der Waals surface area (Å²) in [5.41, 5.74) is 1.10. The van der Waals surface area contributed by atoms with Crippen LogP contribution in [0.15, 0.2) is 30.3 Å². The van der Waals surface area contributed by atoms with E-state index in [1.54, 1.807) is 0 Å². The third-order valence-corrected chi connectivity index (χ3v) is 2.90. The first-order chi connectivity index (χ1) is 7.29. The summed E-state index contributed by atoms with van der Waals surface area (Å²) in [6, 6.07) is 9.82. The van der Waals surface area contributed by atoms with Gasteiger partial charge in [0.15, 0.2) is 0 Å². The van der Waals surface area contributed by atoms with Gasteiger partial charge in [0.25, 0.3) is 0 Å². The monoisotopic (exact) mass is 206 g/mol. The molecule has 2 atom stereocenters. The quantitative estimate of drug-likeness (QED) is 0.803. The van der Waals surface area contributed by atoms with Crippen LogP contribution in [0.2, 0.25) is 0 Å². The molecule has 1 heterocycles. The van der Waals surface area contributed by atoms with Crippen LogP contribution in [0.25, 0.3) is 0 Å². The molecular weight excluding hydrogens is 192 g/mol. The molecule has 1 saturated heterocycles. The van der Waals surface area contributed by atoms with E-state index in [1.165, 1.54) is 0 Å². The van der Waals surface area contributed by atoms with Crippen LogP contribution < -0.4 is 0 Å². The van der Waals surface area contributed by atoms with E-state index in [-0.39, 0.29) is 5.92 Å². The van der Waals surface area contributed by atoms with E-state index in [1.807, 2.05) is 30.3 Å². The fourth-order valence-corrected chi connectivity index (χ4v) is 2.08. The summed E-state index contributed by atoms with van der Waals surface area (Å²) in [4.78, 5) is 11.1. The van der Waals surface area contributed by atoms with Gasteiger partial charge in [0.1, 0.15) is 0 Å². The summed E-state index contributed by atoms with van der Waals surface area (Å²) < 4.78 is 5.21. The molecule has 1 fully saturated rings. The molecule has 1 aliphatic rings. The number of hydrogen-bond acceptors (Lipinski definition) is 2. The van der Waals surface area contributed by atoms with Gasteiger partial charge in [-0.05, 0) is 12.0 Å². The Balaban J connectivity index is 2.22. The predicted octanol–water partition coefficient (Wildman–Crippen LogP) is 1.89. The second-order valence-corrected chi connectivity index (χ2v) is 3.83. The average Bonchev–Trinajstić information content (AvgIpc) is 2.30. The molecule has 0 amide bonds. The van der Waals surface area contributed by atoms with Gasteiger partial charge in [0, 0.05) is 12.5 Å². The Kier molecular flexibility index (Phi) is 3.02. The van der Waals surface area contributed by atoms with E-state index in [9.17, 15) is 4.79 Å². The van der Waals surface area contributed by atoms with Gasteiger partial charge in [-0.1, -0.05) is 30.3 Å². The summed E-state index contributed by atoms with van der Waals surface area (Å²) >= 11 is 0. The maximum absolute atomic E-state index is 11.1. The molecule has 3 nitrogen and oxygen atoms in total. The van der Waals surface area contributed by atoms with Gasteiger partial charge in [0.05, 0.1) is 12.5 Å². The maximum Gasteiger partial charge on any atom is 0.309 e.